The van der Waals surface area contributed by atoms with Crippen LogP contribution in [0.2, 0.25) is 0 Å². The molecule has 0 radical (unpaired) electrons. The summed E-state index contributed by atoms with van der Waals surface area (Å²) in [4.78, 5) is 45.8. The van der Waals surface area contributed by atoms with Crippen LogP contribution in [0.4, 0.5) is 10.5 Å². The number of hydrogen-bond donors (Lipinski definition) is 3. The predicted octanol–water partition coefficient (Wildman–Crippen LogP) is 4.18. The van der Waals surface area contributed by atoms with Crippen molar-refractivity contribution in [1.82, 2.24) is 30.1 Å². The number of aliphatic hydroxyl groups is 1. The molecule has 13 atom stereocenters. The van der Waals surface area contributed by atoms with Crippen LogP contribution in [0.25, 0.3) is 11.3 Å². The van der Waals surface area contributed by atoms with Crippen LogP contribution in [0.5, 0.6) is 0 Å². The lowest BCUT2D eigenvalue weighted by Gasteiger charge is -2.47. The number of carbonyl (C=O) groups excluding carboxylic acids is 3. The maximum atomic E-state index is 14.4. The van der Waals surface area contributed by atoms with E-state index in [1.54, 1.807) is 35.6 Å². The first-order valence-corrected chi connectivity index (χ1v) is 21.7. The molecule has 1 amide bonds. The van der Waals surface area contributed by atoms with Crippen molar-refractivity contribution in [3.05, 3.63) is 30.5 Å². The average molecular weight is 853 g/mol. The van der Waals surface area contributed by atoms with E-state index in [1.165, 1.54) is 6.92 Å². The molecular weight excluding hydrogens is 785 g/mol. The summed E-state index contributed by atoms with van der Waals surface area (Å²) >= 11 is 0. The Morgan fingerprint density at radius 1 is 1.13 bits per heavy atom. The Morgan fingerprint density at radius 2 is 1.85 bits per heavy atom. The molecule has 4 N–H and O–H groups in total. The zero-order valence-electron chi connectivity index (χ0n) is 37.6. The number of Topliss-reactive ketones (excluding diaryl/α,β-unsaturated/α-hetero) is 1. The highest BCUT2D eigenvalue weighted by Gasteiger charge is 2.58. The molecule has 2 aromatic rings. The molecule has 3 saturated heterocycles. The van der Waals surface area contributed by atoms with E-state index in [0.717, 1.165) is 11.3 Å². The topological polar surface area (TPSA) is 217 Å². The van der Waals surface area contributed by atoms with Crippen molar-refractivity contribution >= 4 is 23.5 Å². The van der Waals surface area contributed by atoms with Crippen LogP contribution in [0, 0.1) is 29.1 Å². The van der Waals surface area contributed by atoms with E-state index < -0.39 is 77.6 Å². The number of cyclic esters (lactones) is 1. The number of likely N-dealkylation sites (N-methyl/N-ethyl adjacent to an activating group) is 1. The highest BCUT2D eigenvalue weighted by molar-refractivity contribution is 6.00. The minimum absolute atomic E-state index is 0.0496. The number of hydrogen-bond acceptors (Lipinski definition) is 15. The molecule has 1 aromatic heterocycles. The number of nitriles is 1. The molecule has 3 fully saturated rings. The van der Waals surface area contributed by atoms with Crippen molar-refractivity contribution in [2.24, 2.45) is 17.8 Å². The number of unbranched alkanes of at least 4 members (excludes halogenated alkanes) is 1. The number of ether oxygens (including phenoxy) is 5. The summed E-state index contributed by atoms with van der Waals surface area (Å²) in [6.07, 6.45) is -0.498. The predicted molar refractivity (Wildman–Crippen MR) is 227 cm³/mol. The summed E-state index contributed by atoms with van der Waals surface area (Å²) in [7, 11) is 3.33. The Labute approximate surface area is 360 Å². The first-order chi connectivity index (χ1) is 28.9. The number of methoxy groups -OCH3 is 1. The fourth-order valence-electron chi connectivity index (χ4n) is 9.61. The summed E-state index contributed by atoms with van der Waals surface area (Å²) < 4.78 is 33.3. The SMILES string of the molecule is CC[C@H]1OC(=O)[C@H](C)C(=O)[C@H](C)[C@@H](O[C@@H]2O[C@H](C)CC(N(C)CC#N)C2O)[C@](C)(OC)C[C@@H](C)CN[C@H](C)[C@H]2N(CCCCn3cc(-c4cccc(N)c4)nn3)C(=O)O[C@]12C. The molecule has 1 aromatic carbocycles. The number of amides is 1. The number of esters is 1. The molecule has 338 valence electrons. The molecule has 3 aliphatic rings. The van der Waals surface area contributed by atoms with Gasteiger partial charge in [0.2, 0.25) is 0 Å². The van der Waals surface area contributed by atoms with E-state index in [0.29, 0.717) is 57.4 Å². The molecule has 0 aliphatic carbocycles. The van der Waals surface area contributed by atoms with Crippen LogP contribution in [-0.4, -0.2) is 142 Å². The first kappa shape index (κ1) is 47.9. The lowest BCUT2D eigenvalue weighted by molar-refractivity contribution is -0.295. The van der Waals surface area contributed by atoms with Gasteiger partial charge in [0, 0.05) is 49.5 Å². The number of rotatable bonds is 12. The van der Waals surface area contributed by atoms with E-state index in [2.05, 4.69) is 28.6 Å². The van der Waals surface area contributed by atoms with E-state index in [4.69, 9.17) is 29.4 Å². The number of ketones is 1. The van der Waals surface area contributed by atoms with E-state index >= 15 is 0 Å². The highest BCUT2D eigenvalue weighted by atomic mass is 16.7. The van der Waals surface area contributed by atoms with Crippen LogP contribution in [0.1, 0.15) is 87.5 Å². The minimum Gasteiger partial charge on any atom is -0.458 e. The van der Waals surface area contributed by atoms with Gasteiger partial charge in [-0.25, -0.2) is 4.79 Å². The molecule has 3 aliphatic heterocycles. The van der Waals surface area contributed by atoms with Gasteiger partial charge >= 0.3 is 12.1 Å². The monoisotopic (exact) mass is 853 g/mol. The zero-order chi connectivity index (χ0) is 44.8. The number of aromatic nitrogens is 3. The number of aliphatic hydroxyl groups excluding tert-OH is 1. The van der Waals surface area contributed by atoms with Gasteiger partial charge in [0.05, 0.1) is 42.7 Å². The van der Waals surface area contributed by atoms with E-state index in [9.17, 15) is 24.8 Å². The largest absolute Gasteiger partial charge is 0.458 e. The van der Waals surface area contributed by atoms with Gasteiger partial charge in [0.15, 0.2) is 17.7 Å². The number of nitrogen functional groups attached to an aromatic ring is 1. The molecular formula is C44H68N8O9. The molecule has 5 rings (SSSR count). The molecule has 17 nitrogen and oxygen atoms in total. The molecule has 0 saturated carbocycles. The number of carbonyl (C=O) groups is 3. The second-order valence-corrected chi connectivity index (χ2v) is 17.9. The number of nitrogens with two attached hydrogens (primary N) is 1. The smallest absolute Gasteiger partial charge is 0.410 e. The van der Waals surface area contributed by atoms with Gasteiger partial charge < -0.3 is 39.8 Å². The Hall–Kier alpha value is -4.18. The molecule has 0 bridgehead atoms. The van der Waals surface area contributed by atoms with Gasteiger partial charge in [-0.05, 0) is 98.4 Å². The van der Waals surface area contributed by atoms with Gasteiger partial charge in [-0.15, -0.1) is 5.10 Å². The standard InChI is InChI=1S/C44H68N8O9/c1-11-35-44(8)38(52(42(56)61-44)19-13-12-18-51-25-33(48-49-51)31-15-14-16-32(46)22-31)30(6)47-24-26(2)23-43(7,57-10)39(28(4)36(53)29(5)40(55)59-35)60-41-37(54)34(21-27(3)58-41)50(9)20-17-45/h14-16,22,25-30,34-35,37-39,41,47,54H,11-13,18-21,23-24,46H2,1-10H3/t26-,27-,28+,29-,30-,34?,35-,37?,38-,39-,41+,43-,44-/m1/s1. The fourth-order valence-corrected chi connectivity index (χ4v) is 9.61. The number of nitrogens with one attached hydrogen (secondary N) is 1. The van der Waals surface area contributed by atoms with Gasteiger partial charge in [-0.2, -0.15) is 5.26 Å². The number of fused-ring (bicyclic) bond motifs is 1. The van der Waals surface area contributed by atoms with Crippen molar-refractivity contribution in [1.29, 1.82) is 5.26 Å². The summed E-state index contributed by atoms with van der Waals surface area (Å²) in [5.74, 6) is -3.36. The third kappa shape index (κ3) is 10.7. The second kappa shape index (κ2) is 20.3. The van der Waals surface area contributed by atoms with Gasteiger partial charge in [0.25, 0.3) is 0 Å². The van der Waals surface area contributed by atoms with Crippen LogP contribution in [0.3, 0.4) is 0 Å². The molecule has 61 heavy (non-hydrogen) atoms. The first-order valence-electron chi connectivity index (χ1n) is 21.7. The second-order valence-electron chi connectivity index (χ2n) is 17.9. The average Bonchev–Trinajstić information content (AvgIpc) is 3.80. The van der Waals surface area contributed by atoms with Crippen LogP contribution in [-0.2, 0) is 39.8 Å². The van der Waals surface area contributed by atoms with E-state index in [-0.39, 0.29) is 24.6 Å². The lowest BCUT2D eigenvalue weighted by Crippen LogP contribution is -2.61. The summed E-state index contributed by atoms with van der Waals surface area (Å²) in [6.45, 7) is 16.3. The van der Waals surface area contributed by atoms with Crippen molar-refractivity contribution in [3.8, 4) is 17.3 Å². The Bertz CT molecular complexity index is 1860. The third-order valence-corrected chi connectivity index (χ3v) is 13.0. The zero-order valence-corrected chi connectivity index (χ0v) is 37.6. The molecule has 17 heteroatoms. The summed E-state index contributed by atoms with van der Waals surface area (Å²) in [5, 5.41) is 33.2. The van der Waals surface area contributed by atoms with Gasteiger partial charge in [-0.1, -0.05) is 38.1 Å². The lowest BCUT2D eigenvalue weighted by atomic mass is 9.78. The van der Waals surface area contributed by atoms with Crippen molar-refractivity contribution in [2.45, 2.75) is 154 Å². The Morgan fingerprint density at radius 3 is 2.52 bits per heavy atom. The molecule has 0 spiro atoms. The minimum atomic E-state index is -1.25. The number of nitrogens with zero attached hydrogens (tertiary/aromatic N) is 6. The van der Waals surface area contributed by atoms with Crippen LogP contribution in [0.15, 0.2) is 30.5 Å². The highest BCUT2D eigenvalue weighted by Crippen LogP contribution is 2.40. The van der Waals surface area contributed by atoms with Gasteiger partial charge in [0.1, 0.15) is 23.8 Å². The van der Waals surface area contributed by atoms with Crippen LogP contribution >= 0.6 is 0 Å². The fraction of sp³-hybridized carbons (Fsp3) is 0.727. The van der Waals surface area contributed by atoms with Gasteiger partial charge in [-0.3, -0.25) is 24.1 Å². The third-order valence-electron chi connectivity index (χ3n) is 13.0. The number of aryl methyl sites for hydroxylation is 1. The van der Waals surface area contributed by atoms with E-state index in [1.807, 2.05) is 65.1 Å². The van der Waals surface area contributed by atoms with Crippen molar-refractivity contribution < 1.29 is 43.2 Å². The molecule has 2 unspecified atom stereocenters. The summed E-state index contributed by atoms with van der Waals surface area (Å²) in [6, 6.07) is 8.32. The molecule has 4 heterocycles. The Balaban J connectivity index is 1.38. The van der Waals surface area contributed by atoms with Crippen LogP contribution < -0.4 is 11.1 Å². The normalized spacial score (nSPS) is 35.5. The Kier molecular flexibility index (Phi) is 16.0. The quantitative estimate of drug-likeness (QED) is 0.0898. The maximum Gasteiger partial charge on any atom is 0.410 e. The van der Waals surface area contributed by atoms with Crippen molar-refractivity contribution in [3.63, 3.8) is 0 Å². The number of benzene rings is 1. The summed E-state index contributed by atoms with van der Waals surface area (Å²) in [5.41, 5.74) is 5.85. The maximum absolute atomic E-state index is 14.4. The number of anilines is 1. The van der Waals surface area contributed by atoms with Crippen molar-refractivity contribution in [2.75, 3.05) is 39.5 Å².